The maximum absolute atomic E-state index is 11.3. The maximum atomic E-state index is 11.3. The second-order valence-corrected chi connectivity index (χ2v) is 18.6. The Morgan fingerprint density at radius 1 is 0.451 bits per heavy atom. The van der Waals surface area contributed by atoms with Gasteiger partial charge in [-0.1, -0.05) is 177 Å². The monoisotopic (exact) mass is 908 g/mol. The first-order valence-electron chi connectivity index (χ1n) is 24.5. The number of nitriles is 2. The third-order valence-corrected chi connectivity index (χ3v) is 14.2. The van der Waals surface area contributed by atoms with Crippen LogP contribution in [0.15, 0.2) is 231 Å². The van der Waals surface area contributed by atoms with Gasteiger partial charge in [0.15, 0.2) is 0 Å². The molecule has 0 spiro atoms. The van der Waals surface area contributed by atoms with E-state index in [0.717, 1.165) is 130 Å². The lowest BCUT2D eigenvalue weighted by Gasteiger charge is -2.32. The molecule has 0 bridgehead atoms. The Hall–Kier alpha value is -9.22. The SMILES string of the molecule is CC1C=CC(c2cc(C#N)c(N(c3ccccc3)c3ccc4ccc5c(N(c6ccccc6)c6c(C#N)cc(-c7ccccc7)cc6-c6ccccc6)ccc6ccc3c4c65)c(C3=CCCC=C3)c2)=CC1. The Kier molecular flexibility index (Phi) is 11.1. The predicted octanol–water partition coefficient (Wildman–Crippen LogP) is 18.3. The molecule has 0 amide bonds. The molecule has 0 aromatic heterocycles. The van der Waals surface area contributed by atoms with E-state index < -0.39 is 0 Å². The van der Waals surface area contributed by atoms with Gasteiger partial charge in [0, 0.05) is 33.3 Å². The van der Waals surface area contributed by atoms with Crippen LogP contribution in [-0.4, -0.2) is 0 Å². The number of allylic oxidation sites excluding steroid dienone is 8. The number of hydrogen-bond donors (Lipinski definition) is 0. The molecule has 0 N–H and O–H groups in total. The van der Waals surface area contributed by atoms with Gasteiger partial charge in [0.05, 0.1) is 33.9 Å². The molecule has 0 heterocycles. The number of para-hydroxylation sites is 2. The van der Waals surface area contributed by atoms with Gasteiger partial charge in [-0.2, -0.15) is 10.5 Å². The van der Waals surface area contributed by atoms with Crippen LogP contribution in [0.3, 0.4) is 0 Å². The second kappa shape index (κ2) is 18.4. The van der Waals surface area contributed by atoms with E-state index in [1.54, 1.807) is 0 Å². The van der Waals surface area contributed by atoms with Gasteiger partial charge >= 0.3 is 0 Å². The number of rotatable bonds is 10. The van der Waals surface area contributed by atoms with Crippen molar-refractivity contribution in [2.45, 2.75) is 26.2 Å². The molecule has 0 saturated carbocycles. The van der Waals surface area contributed by atoms with Crippen molar-refractivity contribution in [1.82, 2.24) is 0 Å². The van der Waals surface area contributed by atoms with Crippen LogP contribution in [0.2, 0.25) is 0 Å². The zero-order valence-corrected chi connectivity index (χ0v) is 39.4. The van der Waals surface area contributed by atoms with Gasteiger partial charge in [-0.05, 0) is 141 Å². The van der Waals surface area contributed by atoms with Crippen molar-refractivity contribution >= 4 is 77.6 Å². The largest absolute Gasteiger partial charge is 0.308 e. The summed E-state index contributed by atoms with van der Waals surface area (Å²) in [6.07, 6.45) is 16.5. The molecule has 2 aliphatic carbocycles. The van der Waals surface area contributed by atoms with E-state index in [4.69, 9.17) is 0 Å². The van der Waals surface area contributed by atoms with E-state index in [1.165, 1.54) is 0 Å². The highest BCUT2D eigenvalue weighted by Gasteiger charge is 2.28. The standard InChI is InChI=1S/C67H48N4/c1-45-27-29-47(30-28-45)53-40-55(44-69)67(61(42-53)49-21-11-4-12-22-49)71(57-25-15-6-16-26-57)63-38-34-51-31-35-58-62(37-33-50-32-36-59(63)65(51)64(50)58)70(56-23-13-5-14-24-56)66-54(43-68)39-52(46-17-7-2-8-18-46)41-60(66)48-19-9-3-10-20-48/h2-3,5-11,13-27,29-42,45H,4,12,28H2,1H3. The van der Waals surface area contributed by atoms with Gasteiger partial charge in [0.25, 0.3) is 0 Å². The molecule has 4 nitrogen and oxygen atoms in total. The summed E-state index contributed by atoms with van der Waals surface area (Å²) in [6.45, 7) is 2.24. The molecular formula is C67H48N4. The van der Waals surface area contributed by atoms with Crippen LogP contribution in [-0.2, 0) is 0 Å². The van der Waals surface area contributed by atoms with Crippen LogP contribution >= 0.6 is 0 Å². The first-order valence-corrected chi connectivity index (χ1v) is 24.5. The fourth-order valence-corrected chi connectivity index (χ4v) is 10.8. The molecular weight excluding hydrogens is 861 g/mol. The van der Waals surface area contributed by atoms with Crippen LogP contribution in [0.1, 0.15) is 48.4 Å². The summed E-state index contributed by atoms with van der Waals surface area (Å²) in [5, 5.41) is 29.1. The van der Waals surface area contributed by atoms with Crippen LogP contribution < -0.4 is 9.80 Å². The predicted molar refractivity (Wildman–Crippen MR) is 297 cm³/mol. The van der Waals surface area contributed by atoms with Gasteiger partial charge in [0.1, 0.15) is 12.1 Å². The Morgan fingerprint density at radius 2 is 0.958 bits per heavy atom. The fourth-order valence-electron chi connectivity index (χ4n) is 10.8. The van der Waals surface area contributed by atoms with Gasteiger partial charge in [-0.15, -0.1) is 0 Å². The molecule has 2 aliphatic rings. The van der Waals surface area contributed by atoms with Crippen LogP contribution in [0.5, 0.6) is 0 Å². The molecule has 0 saturated heterocycles. The first-order chi connectivity index (χ1) is 35.1. The Bertz CT molecular complexity index is 3870. The van der Waals surface area contributed by atoms with E-state index in [-0.39, 0.29) is 0 Å². The van der Waals surface area contributed by atoms with Crippen molar-refractivity contribution in [1.29, 1.82) is 10.5 Å². The van der Waals surface area contributed by atoms with E-state index in [9.17, 15) is 10.5 Å². The zero-order valence-electron chi connectivity index (χ0n) is 39.4. The molecule has 10 aromatic rings. The molecule has 10 aromatic carbocycles. The highest BCUT2D eigenvalue weighted by atomic mass is 15.2. The lowest BCUT2D eigenvalue weighted by molar-refractivity contribution is 0.739. The molecule has 0 aliphatic heterocycles. The molecule has 4 heteroatoms. The smallest absolute Gasteiger partial charge is 0.101 e. The summed E-state index contributed by atoms with van der Waals surface area (Å²) >= 11 is 0. The normalized spacial score (nSPS) is 14.3. The van der Waals surface area contributed by atoms with Gasteiger partial charge < -0.3 is 9.80 Å². The number of nitrogens with zero attached hydrogens (tertiary/aromatic N) is 4. The highest BCUT2D eigenvalue weighted by Crippen LogP contribution is 2.52. The number of hydrogen-bond acceptors (Lipinski definition) is 4. The van der Waals surface area contributed by atoms with E-state index in [1.807, 2.05) is 42.5 Å². The highest BCUT2D eigenvalue weighted by molar-refractivity contribution is 6.28. The lowest BCUT2D eigenvalue weighted by atomic mass is 9.87. The molecule has 71 heavy (non-hydrogen) atoms. The average Bonchev–Trinajstić information content (AvgIpc) is 3.44. The van der Waals surface area contributed by atoms with E-state index >= 15 is 0 Å². The van der Waals surface area contributed by atoms with Crippen molar-refractivity contribution in [2.24, 2.45) is 5.92 Å². The minimum Gasteiger partial charge on any atom is -0.308 e. The quantitative estimate of drug-likeness (QED) is 0.128. The summed E-state index contributed by atoms with van der Waals surface area (Å²) in [7, 11) is 0. The van der Waals surface area contributed by atoms with Crippen molar-refractivity contribution in [2.75, 3.05) is 9.80 Å². The van der Waals surface area contributed by atoms with Gasteiger partial charge in [-0.3, -0.25) is 0 Å². The summed E-state index contributed by atoms with van der Waals surface area (Å²) in [6, 6.07) is 73.5. The van der Waals surface area contributed by atoms with Crippen LogP contribution in [0, 0.1) is 28.6 Å². The third kappa shape index (κ3) is 7.73. The van der Waals surface area contributed by atoms with Gasteiger partial charge in [0.2, 0.25) is 0 Å². The van der Waals surface area contributed by atoms with Crippen molar-refractivity contribution in [3.05, 3.63) is 253 Å². The molecule has 12 rings (SSSR count). The summed E-state index contributed by atoms with van der Waals surface area (Å²) in [5.41, 5.74) is 15.1. The maximum Gasteiger partial charge on any atom is 0.101 e. The molecule has 1 unspecified atom stereocenters. The number of anilines is 6. The average molecular weight is 909 g/mol. The Morgan fingerprint density at radius 3 is 1.48 bits per heavy atom. The van der Waals surface area contributed by atoms with E-state index in [0.29, 0.717) is 17.0 Å². The topological polar surface area (TPSA) is 54.1 Å². The van der Waals surface area contributed by atoms with Crippen molar-refractivity contribution in [3.63, 3.8) is 0 Å². The molecule has 1 atom stereocenters. The Balaban J connectivity index is 1.12. The summed E-state index contributed by atoms with van der Waals surface area (Å²) in [4.78, 5) is 4.60. The Labute approximate surface area is 415 Å². The van der Waals surface area contributed by atoms with Crippen LogP contribution in [0.25, 0.3) is 65.7 Å². The van der Waals surface area contributed by atoms with Crippen molar-refractivity contribution < 1.29 is 0 Å². The van der Waals surface area contributed by atoms with Crippen LogP contribution in [0.4, 0.5) is 34.1 Å². The molecule has 336 valence electrons. The third-order valence-electron chi connectivity index (χ3n) is 14.2. The summed E-state index contributed by atoms with van der Waals surface area (Å²) in [5.74, 6) is 0.478. The van der Waals surface area contributed by atoms with E-state index in [2.05, 4.69) is 217 Å². The first kappa shape index (κ1) is 43.1. The second-order valence-electron chi connectivity index (χ2n) is 18.6. The summed E-state index contributed by atoms with van der Waals surface area (Å²) < 4.78 is 0. The fraction of sp³-hybridized carbons (Fsp3) is 0.0746. The minimum atomic E-state index is 0.478. The molecule has 0 radical (unpaired) electrons. The minimum absolute atomic E-state index is 0.478. The lowest BCUT2D eigenvalue weighted by Crippen LogP contribution is -2.15. The van der Waals surface area contributed by atoms with Gasteiger partial charge in [-0.25, -0.2) is 0 Å². The zero-order chi connectivity index (χ0) is 47.8. The number of benzene rings is 10. The molecule has 0 fully saturated rings. The van der Waals surface area contributed by atoms with Crippen molar-refractivity contribution in [3.8, 4) is 34.4 Å².